The van der Waals surface area contributed by atoms with E-state index in [2.05, 4.69) is 0 Å². The van der Waals surface area contributed by atoms with Crippen molar-refractivity contribution < 1.29 is 13.9 Å². The molecule has 3 nitrogen and oxygen atoms in total. The molecule has 0 heterocycles. The predicted molar refractivity (Wildman–Crippen MR) is 75.7 cm³/mol. The first kappa shape index (κ1) is 15.8. The summed E-state index contributed by atoms with van der Waals surface area (Å²) in [7, 11) is 3.09. The SMILES string of the molecule is COc1cc(CCCCN)cc(C(C)(C)F)c1OC. The molecule has 0 bridgehead atoms. The minimum atomic E-state index is -1.47. The Morgan fingerprint density at radius 3 is 2.32 bits per heavy atom. The van der Waals surface area contributed by atoms with Crippen LogP contribution in [0.15, 0.2) is 12.1 Å². The number of hydrogen-bond acceptors (Lipinski definition) is 3. The van der Waals surface area contributed by atoms with Gasteiger partial charge in [0.15, 0.2) is 11.5 Å². The van der Waals surface area contributed by atoms with Crippen molar-refractivity contribution >= 4 is 0 Å². The van der Waals surface area contributed by atoms with Crippen LogP contribution in [-0.2, 0) is 12.1 Å². The Morgan fingerprint density at radius 1 is 1.16 bits per heavy atom. The summed E-state index contributed by atoms with van der Waals surface area (Å²) in [4.78, 5) is 0. The van der Waals surface area contributed by atoms with E-state index < -0.39 is 5.67 Å². The molecule has 19 heavy (non-hydrogen) atoms. The lowest BCUT2D eigenvalue weighted by Crippen LogP contribution is -2.12. The van der Waals surface area contributed by atoms with Crippen molar-refractivity contribution in [1.29, 1.82) is 0 Å². The Hall–Kier alpha value is -1.29. The monoisotopic (exact) mass is 269 g/mol. The number of ether oxygens (including phenoxy) is 2. The molecule has 0 amide bonds. The number of hydrogen-bond donors (Lipinski definition) is 1. The van der Waals surface area contributed by atoms with Crippen LogP contribution in [0.25, 0.3) is 0 Å². The fourth-order valence-electron chi connectivity index (χ4n) is 2.08. The molecule has 0 spiro atoms. The van der Waals surface area contributed by atoms with E-state index in [-0.39, 0.29) is 0 Å². The molecule has 0 aromatic heterocycles. The number of halogens is 1. The summed E-state index contributed by atoms with van der Waals surface area (Å²) in [5.41, 5.74) is 5.59. The number of nitrogens with two attached hydrogens (primary N) is 1. The highest BCUT2D eigenvalue weighted by Gasteiger charge is 2.26. The number of alkyl halides is 1. The zero-order chi connectivity index (χ0) is 14.5. The zero-order valence-electron chi connectivity index (χ0n) is 12.3. The van der Waals surface area contributed by atoms with E-state index in [0.29, 0.717) is 23.6 Å². The van der Waals surface area contributed by atoms with Crippen LogP contribution in [0.3, 0.4) is 0 Å². The van der Waals surface area contributed by atoms with Crippen molar-refractivity contribution in [1.82, 2.24) is 0 Å². The second-order valence-corrected chi connectivity index (χ2v) is 5.10. The second-order valence-electron chi connectivity index (χ2n) is 5.10. The first-order valence-electron chi connectivity index (χ1n) is 6.58. The molecule has 0 aliphatic carbocycles. The van der Waals surface area contributed by atoms with E-state index in [1.54, 1.807) is 7.11 Å². The summed E-state index contributed by atoms with van der Waals surface area (Å²) in [5, 5.41) is 0. The molecule has 1 aromatic rings. The second kappa shape index (κ2) is 6.75. The third-order valence-corrected chi connectivity index (χ3v) is 3.10. The molecule has 1 rings (SSSR count). The maximum absolute atomic E-state index is 14.3. The van der Waals surface area contributed by atoms with Gasteiger partial charge in [-0.1, -0.05) is 0 Å². The maximum atomic E-state index is 14.3. The van der Waals surface area contributed by atoms with Gasteiger partial charge < -0.3 is 15.2 Å². The van der Waals surface area contributed by atoms with Gasteiger partial charge in [-0.2, -0.15) is 0 Å². The Morgan fingerprint density at radius 2 is 1.84 bits per heavy atom. The lowest BCUT2D eigenvalue weighted by molar-refractivity contribution is 0.211. The number of benzene rings is 1. The normalized spacial score (nSPS) is 11.5. The molecule has 0 unspecified atom stereocenters. The predicted octanol–water partition coefficient (Wildman–Crippen LogP) is 3.19. The summed E-state index contributed by atoms with van der Waals surface area (Å²) in [6.07, 6.45) is 2.81. The van der Waals surface area contributed by atoms with Gasteiger partial charge in [-0.3, -0.25) is 0 Å². The standard InChI is InChI=1S/C15H24FNO2/c1-15(2,16)12-9-11(7-5-6-8-17)10-13(18-3)14(12)19-4/h9-10H,5-8,17H2,1-4H3. The molecule has 1 aromatic carbocycles. The third kappa shape index (κ3) is 4.10. The Balaban J connectivity index is 3.15. The van der Waals surface area contributed by atoms with E-state index >= 15 is 0 Å². The molecule has 4 heteroatoms. The summed E-state index contributed by atoms with van der Waals surface area (Å²) >= 11 is 0. The van der Waals surface area contributed by atoms with Gasteiger partial charge in [0.2, 0.25) is 0 Å². The number of aryl methyl sites for hydroxylation is 1. The van der Waals surface area contributed by atoms with Crippen LogP contribution in [-0.4, -0.2) is 20.8 Å². The highest BCUT2D eigenvalue weighted by atomic mass is 19.1. The third-order valence-electron chi connectivity index (χ3n) is 3.10. The highest BCUT2D eigenvalue weighted by Crippen LogP contribution is 2.40. The van der Waals surface area contributed by atoms with Crippen molar-refractivity contribution in [2.45, 2.75) is 38.8 Å². The average Bonchev–Trinajstić information content (AvgIpc) is 2.36. The topological polar surface area (TPSA) is 44.5 Å². The minimum absolute atomic E-state index is 0.470. The van der Waals surface area contributed by atoms with Crippen molar-refractivity contribution in [2.24, 2.45) is 5.73 Å². The van der Waals surface area contributed by atoms with Crippen molar-refractivity contribution in [2.75, 3.05) is 20.8 Å². The molecule has 0 radical (unpaired) electrons. The molecular weight excluding hydrogens is 245 g/mol. The van der Waals surface area contributed by atoms with Crippen molar-refractivity contribution in [3.05, 3.63) is 23.3 Å². The van der Waals surface area contributed by atoms with Crippen LogP contribution in [0, 0.1) is 0 Å². The quantitative estimate of drug-likeness (QED) is 0.773. The Kier molecular flexibility index (Phi) is 5.60. The van der Waals surface area contributed by atoms with Gasteiger partial charge in [-0.05, 0) is 57.4 Å². The first-order chi connectivity index (χ1) is 8.93. The number of methoxy groups -OCH3 is 2. The molecular formula is C15H24FNO2. The fraction of sp³-hybridized carbons (Fsp3) is 0.600. The largest absolute Gasteiger partial charge is 0.493 e. The maximum Gasteiger partial charge on any atom is 0.167 e. The molecule has 2 N–H and O–H groups in total. The highest BCUT2D eigenvalue weighted by molar-refractivity contribution is 5.51. The van der Waals surface area contributed by atoms with Crippen LogP contribution < -0.4 is 15.2 Å². The van der Waals surface area contributed by atoms with Crippen molar-refractivity contribution in [3.63, 3.8) is 0 Å². The van der Waals surface area contributed by atoms with Crippen LogP contribution in [0.4, 0.5) is 4.39 Å². The van der Waals surface area contributed by atoms with Gasteiger partial charge in [0, 0.05) is 5.56 Å². The van der Waals surface area contributed by atoms with E-state index in [9.17, 15) is 4.39 Å². The van der Waals surface area contributed by atoms with Crippen LogP contribution in [0.1, 0.15) is 37.8 Å². The van der Waals surface area contributed by atoms with E-state index in [0.717, 1.165) is 24.8 Å². The first-order valence-corrected chi connectivity index (χ1v) is 6.58. The van der Waals surface area contributed by atoms with Crippen molar-refractivity contribution in [3.8, 4) is 11.5 Å². The summed E-state index contributed by atoms with van der Waals surface area (Å²) in [5.74, 6) is 1.05. The summed E-state index contributed by atoms with van der Waals surface area (Å²) < 4.78 is 24.9. The van der Waals surface area contributed by atoms with Gasteiger partial charge in [0.25, 0.3) is 0 Å². The number of unbranched alkanes of at least 4 members (excludes halogenated alkanes) is 1. The Labute approximate surface area is 114 Å². The molecule has 0 saturated carbocycles. The van der Waals surface area contributed by atoms with Crippen LogP contribution in [0.5, 0.6) is 11.5 Å². The number of rotatable bonds is 7. The van der Waals surface area contributed by atoms with Crippen LogP contribution in [0.2, 0.25) is 0 Å². The molecule has 108 valence electrons. The lowest BCUT2D eigenvalue weighted by atomic mass is 9.94. The van der Waals surface area contributed by atoms with Gasteiger partial charge in [-0.15, -0.1) is 0 Å². The minimum Gasteiger partial charge on any atom is -0.493 e. The average molecular weight is 269 g/mol. The summed E-state index contributed by atoms with van der Waals surface area (Å²) in [6.45, 7) is 3.72. The lowest BCUT2D eigenvalue weighted by Gasteiger charge is -2.21. The van der Waals surface area contributed by atoms with Gasteiger partial charge in [0.05, 0.1) is 14.2 Å². The summed E-state index contributed by atoms with van der Waals surface area (Å²) in [6, 6.07) is 3.77. The molecule has 0 saturated heterocycles. The molecule has 0 aliphatic rings. The zero-order valence-corrected chi connectivity index (χ0v) is 12.3. The molecule has 0 fully saturated rings. The van der Waals surface area contributed by atoms with E-state index in [1.807, 2.05) is 12.1 Å². The van der Waals surface area contributed by atoms with Gasteiger partial charge in [-0.25, -0.2) is 4.39 Å². The Bertz CT molecular complexity index is 413. The van der Waals surface area contributed by atoms with E-state index in [1.165, 1.54) is 21.0 Å². The molecule has 0 atom stereocenters. The smallest absolute Gasteiger partial charge is 0.167 e. The van der Waals surface area contributed by atoms with Gasteiger partial charge in [0.1, 0.15) is 5.67 Å². The molecule has 0 aliphatic heterocycles. The van der Waals surface area contributed by atoms with Crippen LogP contribution >= 0.6 is 0 Å². The fourth-order valence-corrected chi connectivity index (χ4v) is 2.08. The van der Waals surface area contributed by atoms with Gasteiger partial charge >= 0.3 is 0 Å². The van der Waals surface area contributed by atoms with E-state index in [4.69, 9.17) is 15.2 Å².